The molecule has 2 amide bonds. The lowest BCUT2D eigenvalue weighted by molar-refractivity contribution is 0.0642. The molecule has 30 heavy (non-hydrogen) atoms. The minimum atomic E-state index is -0.239. The number of fused-ring (bicyclic) bond motifs is 1. The Morgan fingerprint density at radius 3 is 1.83 bits per heavy atom. The third-order valence-electron chi connectivity index (χ3n) is 5.11. The van der Waals surface area contributed by atoms with E-state index in [9.17, 15) is 9.59 Å². The van der Waals surface area contributed by atoms with Crippen molar-refractivity contribution in [2.75, 3.05) is 7.05 Å². The van der Waals surface area contributed by atoms with Gasteiger partial charge in [-0.25, -0.2) is 0 Å². The van der Waals surface area contributed by atoms with Crippen LogP contribution in [0.5, 0.6) is 0 Å². The van der Waals surface area contributed by atoms with Crippen LogP contribution in [0.4, 0.5) is 0 Å². The molecule has 2 N–H and O–H groups in total. The highest BCUT2D eigenvalue weighted by atomic mass is 16.2. The third-order valence-corrected chi connectivity index (χ3v) is 5.11. The first-order valence-corrected chi connectivity index (χ1v) is 9.62. The summed E-state index contributed by atoms with van der Waals surface area (Å²) < 4.78 is 0. The molecule has 0 aliphatic carbocycles. The Balaban J connectivity index is 1.43. The van der Waals surface area contributed by atoms with Gasteiger partial charge in [-0.05, 0) is 28.8 Å². The second kappa shape index (κ2) is 8.17. The summed E-state index contributed by atoms with van der Waals surface area (Å²) in [5.41, 5.74) is 10.6. The van der Waals surface area contributed by atoms with Gasteiger partial charge in [0.15, 0.2) is 0 Å². The van der Waals surface area contributed by atoms with Crippen molar-refractivity contribution in [2.24, 2.45) is 10.7 Å². The molecule has 5 nitrogen and oxygen atoms in total. The van der Waals surface area contributed by atoms with E-state index in [0.29, 0.717) is 17.0 Å². The second-order valence-corrected chi connectivity index (χ2v) is 7.05. The van der Waals surface area contributed by atoms with Crippen LogP contribution in [0.15, 0.2) is 77.8 Å². The summed E-state index contributed by atoms with van der Waals surface area (Å²) in [6, 6.07) is 22.6. The molecule has 1 aliphatic rings. The number of rotatable bonds is 5. The Morgan fingerprint density at radius 2 is 1.33 bits per heavy atom. The summed E-state index contributed by atoms with van der Waals surface area (Å²) in [7, 11) is 1.67. The summed E-state index contributed by atoms with van der Waals surface area (Å²) >= 11 is 0. The number of nitrogens with two attached hydrogens (primary N) is 1. The lowest BCUT2D eigenvalue weighted by atomic mass is 10.1. The fourth-order valence-electron chi connectivity index (χ4n) is 3.39. The first kappa shape index (κ1) is 19.3. The van der Waals surface area contributed by atoms with Gasteiger partial charge >= 0.3 is 0 Å². The second-order valence-electron chi connectivity index (χ2n) is 7.05. The van der Waals surface area contributed by atoms with Crippen LogP contribution in [0.3, 0.4) is 0 Å². The molecule has 148 valence electrons. The molecular formula is C25H21N3O2. The van der Waals surface area contributed by atoms with E-state index in [4.69, 9.17) is 5.73 Å². The van der Waals surface area contributed by atoms with Crippen molar-refractivity contribution in [3.63, 3.8) is 0 Å². The average Bonchev–Trinajstić information content (AvgIpc) is 3.03. The Labute approximate surface area is 175 Å². The number of amides is 2. The number of imide groups is 1. The van der Waals surface area contributed by atoms with Crippen molar-refractivity contribution in [1.29, 1.82) is 0 Å². The average molecular weight is 395 g/mol. The monoisotopic (exact) mass is 395 g/mol. The summed E-state index contributed by atoms with van der Waals surface area (Å²) in [6.07, 6.45) is 4.03. The molecule has 0 saturated carbocycles. The Bertz CT molecular complexity index is 1120. The molecule has 3 aromatic rings. The van der Waals surface area contributed by atoms with Gasteiger partial charge in [-0.2, -0.15) is 0 Å². The fourth-order valence-corrected chi connectivity index (χ4v) is 3.39. The zero-order valence-electron chi connectivity index (χ0n) is 16.6. The molecule has 4 rings (SSSR count). The maximum atomic E-state index is 12.5. The number of benzene rings is 3. The van der Waals surface area contributed by atoms with Gasteiger partial charge in [-0.3, -0.25) is 19.5 Å². The van der Waals surface area contributed by atoms with E-state index in [2.05, 4.69) is 4.99 Å². The molecule has 0 atom stereocenters. The smallest absolute Gasteiger partial charge is 0.261 e. The number of nitrogens with zero attached hydrogens (tertiary/aromatic N) is 2. The van der Waals surface area contributed by atoms with Gasteiger partial charge in [0, 0.05) is 12.6 Å². The van der Waals surface area contributed by atoms with Gasteiger partial charge in [0.25, 0.3) is 11.8 Å². The molecule has 0 unspecified atom stereocenters. The fraction of sp³-hybridized carbons (Fsp3) is 0.0800. The molecule has 0 bridgehead atoms. The Morgan fingerprint density at radius 1 is 0.833 bits per heavy atom. The Hall–Kier alpha value is -3.99. The van der Waals surface area contributed by atoms with Crippen LogP contribution in [0, 0.1) is 0 Å². The highest BCUT2D eigenvalue weighted by Crippen LogP contribution is 2.24. The maximum absolute atomic E-state index is 12.5. The van der Waals surface area contributed by atoms with Crippen molar-refractivity contribution in [1.82, 2.24) is 4.90 Å². The first-order valence-electron chi connectivity index (χ1n) is 9.62. The minimum absolute atomic E-state index is 0.239. The highest BCUT2D eigenvalue weighted by molar-refractivity contribution is 6.21. The van der Waals surface area contributed by atoms with E-state index in [1.54, 1.807) is 31.3 Å². The third kappa shape index (κ3) is 3.78. The highest BCUT2D eigenvalue weighted by Gasteiger charge is 2.34. The molecule has 0 spiro atoms. The standard InChI is InChI=1S/C25H21N3O2/c1-27-23(26)20-14-12-18(13-15-20)7-6-17-8-10-19(11-9-17)16-28-24(29)21-4-2-3-5-22(21)25(28)30/h2-15H,16H2,1H3,(H2,26,27)/b7-6+. The summed E-state index contributed by atoms with van der Waals surface area (Å²) in [5.74, 6) is 0.0349. The van der Waals surface area contributed by atoms with Crippen molar-refractivity contribution < 1.29 is 9.59 Å². The zero-order valence-corrected chi connectivity index (χ0v) is 16.6. The molecule has 0 saturated heterocycles. The van der Waals surface area contributed by atoms with E-state index in [0.717, 1.165) is 22.3 Å². The topological polar surface area (TPSA) is 75.8 Å². The van der Waals surface area contributed by atoms with Crippen LogP contribution in [0.2, 0.25) is 0 Å². The normalized spacial score (nSPS) is 13.9. The van der Waals surface area contributed by atoms with Crippen LogP contribution >= 0.6 is 0 Å². The van der Waals surface area contributed by atoms with Crippen LogP contribution in [0.25, 0.3) is 12.2 Å². The van der Waals surface area contributed by atoms with Crippen LogP contribution in [-0.2, 0) is 6.54 Å². The zero-order chi connectivity index (χ0) is 21.1. The summed E-state index contributed by atoms with van der Waals surface area (Å²) in [5, 5.41) is 0. The molecule has 1 heterocycles. The molecule has 0 radical (unpaired) electrons. The van der Waals surface area contributed by atoms with Crippen molar-refractivity contribution in [3.8, 4) is 0 Å². The van der Waals surface area contributed by atoms with Gasteiger partial charge in [0.05, 0.1) is 17.7 Å². The van der Waals surface area contributed by atoms with Gasteiger partial charge in [-0.1, -0.05) is 72.8 Å². The summed E-state index contributed by atoms with van der Waals surface area (Å²) in [6.45, 7) is 0.262. The largest absolute Gasteiger partial charge is 0.384 e. The van der Waals surface area contributed by atoms with Gasteiger partial charge < -0.3 is 5.73 Å². The first-order chi connectivity index (χ1) is 14.6. The maximum Gasteiger partial charge on any atom is 0.261 e. The number of aliphatic imine (C=N–C) groups is 1. The summed E-state index contributed by atoms with van der Waals surface area (Å²) in [4.78, 5) is 30.3. The number of carbonyl (C=O) groups is 2. The van der Waals surface area contributed by atoms with Crippen LogP contribution in [0.1, 0.15) is 43.0 Å². The molecule has 1 aliphatic heterocycles. The number of hydrogen-bond donors (Lipinski definition) is 1. The van der Waals surface area contributed by atoms with E-state index in [-0.39, 0.29) is 18.4 Å². The molecule has 0 fully saturated rings. The van der Waals surface area contributed by atoms with Gasteiger partial charge in [-0.15, -0.1) is 0 Å². The SMILES string of the molecule is CN=C(N)c1ccc(/C=C/c2ccc(CN3C(=O)c4ccccc4C3=O)cc2)cc1. The van der Waals surface area contributed by atoms with E-state index in [1.165, 1.54) is 4.90 Å². The van der Waals surface area contributed by atoms with E-state index >= 15 is 0 Å². The van der Waals surface area contributed by atoms with Crippen molar-refractivity contribution in [3.05, 3.63) is 106 Å². The van der Waals surface area contributed by atoms with Crippen LogP contribution < -0.4 is 5.73 Å². The van der Waals surface area contributed by atoms with Crippen molar-refractivity contribution >= 4 is 29.8 Å². The van der Waals surface area contributed by atoms with E-state index < -0.39 is 0 Å². The van der Waals surface area contributed by atoms with Gasteiger partial charge in [0.2, 0.25) is 0 Å². The number of amidine groups is 1. The predicted octanol–water partition coefficient (Wildman–Crippen LogP) is 3.99. The molecule has 3 aromatic carbocycles. The molecular weight excluding hydrogens is 374 g/mol. The molecule has 0 aromatic heterocycles. The van der Waals surface area contributed by atoms with Gasteiger partial charge in [0.1, 0.15) is 5.84 Å². The molecule has 5 heteroatoms. The Kier molecular flexibility index (Phi) is 5.26. The minimum Gasteiger partial charge on any atom is -0.384 e. The number of carbonyl (C=O) groups excluding carboxylic acids is 2. The van der Waals surface area contributed by atoms with Crippen LogP contribution in [-0.4, -0.2) is 29.6 Å². The van der Waals surface area contributed by atoms with E-state index in [1.807, 2.05) is 60.7 Å². The lowest BCUT2D eigenvalue weighted by Gasteiger charge is -2.13. The predicted molar refractivity (Wildman–Crippen MR) is 119 cm³/mol. The lowest BCUT2D eigenvalue weighted by Crippen LogP contribution is -2.29. The van der Waals surface area contributed by atoms with Crippen molar-refractivity contribution in [2.45, 2.75) is 6.54 Å². The number of hydrogen-bond acceptors (Lipinski definition) is 3. The quantitative estimate of drug-likeness (QED) is 0.307.